The highest BCUT2D eigenvalue weighted by atomic mass is 16.5. The van der Waals surface area contributed by atoms with Gasteiger partial charge in [0.05, 0.1) is 26.2 Å². The highest BCUT2D eigenvalue weighted by Gasteiger charge is 2.11. The maximum atomic E-state index is 11.5. The van der Waals surface area contributed by atoms with Crippen molar-refractivity contribution in [1.82, 2.24) is 0 Å². The summed E-state index contributed by atoms with van der Waals surface area (Å²) in [5, 5.41) is 0. The van der Waals surface area contributed by atoms with Crippen LogP contribution in [-0.2, 0) is 16.0 Å². The molecule has 0 N–H and O–H groups in total. The second kappa shape index (κ2) is 7.58. The fourth-order valence-corrected chi connectivity index (χ4v) is 1.59. The Morgan fingerprint density at radius 3 is 2.39 bits per heavy atom. The quantitative estimate of drug-likeness (QED) is 0.700. The molecule has 0 aliphatic heterocycles. The largest absolute Gasteiger partial charge is 0.494 e. The van der Waals surface area contributed by atoms with Crippen LogP contribution in [0.1, 0.15) is 26.3 Å². The first-order valence-electron chi connectivity index (χ1n) is 6.25. The van der Waals surface area contributed by atoms with E-state index in [1.807, 2.05) is 32.0 Å². The number of esters is 1. The molecule has 4 heteroatoms. The predicted molar refractivity (Wildman–Crippen MR) is 69.1 cm³/mol. The molecule has 0 bridgehead atoms. The lowest BCUT2D eigenvalue weighted by atomic mass is 10.1. The van der Waals surface area contributed by atoms with Crippen LogP contribution in [0.2, 0.25) is 0 Å². The summed E-state index contributed by atoms with van der Waals surface area (Å²) in [7, 11) is 0. The summed E-state index contributed by atoms with van der Waals surface area (Å²) in [6.07, 6.45) is 0.218. The molecule has 0 atom stereocenters. The van der Waals surface area contributed by atoms with Crippen LogP contribution in [0, 0.1) is 0 Å². The number of rotatable bonds is 7. The minimum atomic E-state index is -0.248. The van der Waals surface area contributed by atoms with Gasteiger partial charge in [-0.15, -0.1) is 0 Å². The molecule has 0 fully saturated rings. The van der Waals surface area contributed by atoms with Gasteiger partial charge in [0.1, 0.15) is 11.5 Å². The molecule has 0 spiro atoms. The highest BCUT2D eigenvalue weighted by Crippen LogP contribution is 2.25. The number of carbonyl (C=O) groups excluding carboxylic acids is 1. The van der Waals surface area contributed by atoms with E-state index < -0.39 is 0 Å². The summed E-state index contributed by atoms with van der Waals surface area (Å²) < 4.78 is 15.9. The number of ether oxygens (including phenoxy) is 3. The van der Waals surface area contributed by atoms with Crippen molar-refractivity contribution < 1.29 is 19.0 Å². The highest BCUT2D eigenvalue weighted by molar-refractivity contribution is 5.73. The molecule has 0 heterocycles. The lowest BCUT2D eigenvalue weighted by Crippen LogP contribution is -2.09. The third-order valence-corrected chi connectivity index (χ3v) is 2.29. The summed E-state index contributed by atoms with van der Waals surface area (Å²) in [4.78, 5) is 11.5. The zero-order chi connectivity index (χ0) is 13.4. The lowest BCUT2D eigenvalue weighted by molar-refractivity contribution is -0.142. The van der Waals surface area contributed by atoms with Crippen molar-refractivity contribution in [2.75, 3.05) is 19.8 Å². The molecule has 0 radical (unpaired) electrons. The molecule has 0 amide bonds. The summed E-state index contributed by atoms with van der Waals surface area (Å²) in [5.74, 6) is 1.17. The molecule has 18 heavy (non-hydrogen) atoms. The monoisotopic (exact) mass is 252 g/mol. The van der Waals surface area contributed by atoms with Gasteiger partial charge in [-0.2, -0.15) is 0 Å². The van der Waals surface area contributed by atoms with E-state index in [9.17, 15) is 4.79 Å². The molecule has 0 aromatic heterocycles. The Morgan fingerprint density at radius 2 is 1.78 bits per heavy atom. The van der Waals surface area contributed by atoms with E-state index in [1.165, 1.54) is 0 Å². The van der Waals surface area contributed by atoms with Gasteiger partial charge in [0, 0.05) is 11.6 Å². The third-order valence-electron chi connectivity index (χ3n) is 2.29. The van der Waals surface area contributed by atoms with Crippen LogP contribution in [0.25, 0.3) is 0 Å². The van der Waals surface area contributed by atoms with Gasteiger partial charge in [-0.3, -0.25) is 4.79 Å². The summed E-state index contributed by atoms with van der Waals surface area (Å²) >= 11 is 0. The van der Waals surface area contributed by atoms with E-state index in [4.69, 9.17) is 14.2 Å². The molecule has 1 aromatic carbocycles. The van der Waals surface area contributed by atoms with Crippen molar-refractivity contribution in [1.29, 1.82) is 0 Å². The van der Waals surface area contributed by atoms with E-state index >= 15 is 0 Å². The van der Waals surface area contributed by atoms with Gasteiger partial charge in [-0.25, -0.2) is 0 Å². The molecule has 1 rings (SSSR count). The minimum absolute atomic E-state index is 0.218. The van der Waals surface area contributed by atoms with E-state index in [-0.39, 0.29) is 12.4 Å². The molecule has 1 aromatic rings. The van der Waals surface area contributed by atoms with E-state index in [0.29, 0.717) is 25.6 Å². The summed E-state index contributed by atoms with van der Waals surface area (Å²) in [6, 6.07) is 5.48. The van der Waals surface area contributed by atoms with Crippen molar-refractivity contribution >= 4 is 5.97 Å². The Hall–Kier alpha value is -1.71. The minimum Gasteiger partial charge on any atom is -0.494 e. The van der Waals surface area contributed by atoms with Gasteiger partial charge in [0.15, 0.2) is 0 Å². The first kappa shape index (κ1) is 14.4. The average Bonchev–Trinajstić information content (AvgIpc) is 2.33. The van der Waals surface area contributed by atoms with Crippen LogP contribution >= 0.6 is 0 Å². The fraction of sp³-hybridized carbons (Fsp3) is 0.500. The molecule has 0 saturated heterocycles. The number of hydrogen-bond acceptors (Lipinski definition) is 4. The second-order valence-corrected chi connectivity index (χ2v) is 3.62. The average molecular weight is 252 g/mol. The Kier molecular flexibility index (Phi) is 6.05. The maximum absolute atomic E-state index is 11.5. The molecule has 4 nitrogen and oxygen atoms in total. The zero-order valence-electron chi connectivity index (χ0n) is 11.2. The van der Waals surface area contributed by atoms with Crippen LogP contribution < -0.4 is 9.47 Å². The fourth-order valence-electron chi connectivity index (χ4n) is 1.59. The van der Waals surface area contributed by atoms with Gasteiger partial charge in [-0.1, -0.05) is 6.07 Å². The maximum Gasteiger partial charge on any atom is 0.310 e. The van der Waals surface area contributed by atoms with Crippen LogP contribution in [0.4, 0.5) is 0 Å². The standard InChI is InChI=1S/C14H20O4/c1-4-16-12-8-7-11(9-14(15)18-6-3)13(10-12)17-5-2/h7-8,10H,4-6,9H2,1-3H3. The molecule has 0 unspecified atom stereocenters. The third kappa shape index (κ3) is 4.28. The van der Waals surface area contributed by atoms with Crippen LogP contribution in [0.3, 0.4) is 0 Å². The van der Waals surface area contributed by atoms with Crippen molar-refractivity contribution in [3.8, 4) is 11.5 Å². The van der Waals surface area contributed by atoms with E-state index in [0.717, 1.165) is 11.3 Å². The number of benzene rings is 1. The van der Waals surface area contributed by atoms with Gasteiger partial charge < -0.3 is 14.2 Å². The Morgan fingerprint density at radius 1 is 1.06 bits per heavy atom. The van der Waals surface area contributed by atoms with E-state index in [1.54, 1.807) is 6.92 Å². The van der Waals surface area contributed by atoms with Crippen molar-refractivity contribution in [3.63, 3.8) is 0 Å². The number of carbonyl (C=O) groups is 1. The van der Waals surface area contributed by atoms with Gasteiger partial charge in [-0.05, 0) is 26.8 Å². The molecule has 0 saturated carbocycles. The predicted octanol–water partition coefficient (Wildman–Crippen LogP) is 2.59. The smallest absolute Gasteiger partial charge is 0.310 e. The first-order valence-corrected chi connectivity index (χ1v) is 6.25. The molecular formula is C14H20O4. The molecule has 100 valence electrons. The Bertz CT molecular complexity index is 387. The second-order valence-electron chi connectivity index (χ2n) is 3.62. The van der Waals surface area contributed by atoms with Gasteiger partial charge in [0.25, 0.3) is 0 Å². The van der Waals surface area contributed by atoms with Crippen LogP contribution in [0.5, 0.6) is 11.5 Å². The first-order chi connectivity index (χ1) is 8.71. The number of hydrogen-bond donors (Lipinski definition) is 0. The topological polar surface area (TPSA) is 44.8 Å². The van der Waals surface area contributed by atoms with Crippen molar-refractivity contribution in [2.24, 2.45) is 0 Å². The Balaban J connectivity index is 2.85. The molecule has 0 aliphatic rings. The zero-order valence-corrected chi connectivity index (χ0v) is 11.2. The molecular weight excluding hydrogens is 232 g/mol. The summed E-state index contributed by atoms with van der Waals surface area (Å²) in [5.41, 5.74) is 0.818. The van der Waals surface area contributed by atoms with Gasteiger partial charge in [0.2, 0.25) is 0 Å². The Labute approximate surface area is 108 Å². The SMILES string of the molecule is CCOC(=O)Cc1ccc(OCC)cc1OCC. The van der Waals surface area contributed by atoms with E-state index in [2.05, 4.69) is 0 Å². The van der Waals surface area contributed by atoms with Crippen LogP contribution in [-0.4, -0.2) is 25.8 Å². The molecule has 0 aliphatic carbocycles. The van der Waals surface area contributed by atoms with Gasteiger partial charge >= 0.3 is 5.97 Å². The van der Waals surface area contributed by atoms with Crippen LogP contribution in [0.15, 0.2) is 18.2 Å². The lowest BCUT2D eigenvalue weighted by Gasteiger charge is -2.12. The summed E-state index contributed by atoms with van der Waals surface area (Å²) in [6.45, 7) is 7.15. The van der Waals surface area contributed by atoms with Crippen molar-refractivity contribution in [2.45, 2.75) is 27.2 Å². The van der Waals surface area contributed by atoms with Crippen molar-refractivity contribution in [3.05, 3.63) is 23.8 Å². The normalized spacial score (nSPS) is 9.94.